The van der Waals surface area contributed by atoms with Crippen molar-refractivity contribution in [1.29, 1.82) is 0 Å². The minimum Gasteiger partial charge on any atom is -0.497 e. The number of hydrogen-bond donors (Lipinski definition) is 0. The van der Waals surface area contributed by atoms with E-state index in [9.17, 15) is 0 Å². The summed E-state index contributed by atoms with van der Waals surface area (Å²) in [6, 6.07) is 12.7. The van der Waals surface area contributed by atoms with Crippen LogP contribution in [0.2, 0.25) is 0 Å². The van der Waals surface area contributed by atoms with E-state index < -0.39 is 0 Å². The lowest BCUT2D eigenvalue weighted by molar-refractivity contribution is 0.174. The normalized spacial score (nSPS) is 19.2. The Morgan fingerprint density at radius 3 is 2.57 bits per heavy atom. The van der Waals surface area contributed by atoms with Gasteiger partial charge in [0.15, 0.2) is 11.5 Å². The van der Waals surface area contributed by atoms with Crippen molar-refractivity contribution >= 4 is 0 Å². The Balaban J connectivity index is 1.75. The quantitative estimate of drug-likeness (QED) is 0.836. The first-order chi connectivity index (χ1) is 10.3. The first kappa shape index (κ1) is 12.6. The molecule has 2 aromatic rings. The number of hydrogen-bond acceptors (Lipinski definition) is 3. The van der Waals surface area contributed by atoms with Gasteiger partial charge in [0.1, 0.15) is 5.75 Å². The van der Waals surface area contributed by atoms with Gasteiger partial charge in [-0.25, -0.2) is 0 Å². The third-order valence-electron chi connectivity index (χ3n) is 4.47. The average molecular weight is 282 g/mol. The van der Waals surface area contributed by atoms with Gasteiger partial charge in [-0.1, -0.05) is 12.1 Å². The molecule has 4 rings (SSSR count). The fourth-order valence-corrected chi connectivity index (χ4v) is 3.38. The first-order valence-corrected chi connectivity index (χ1v) is 7.41. The first-order valence-electron chi connectivity index (χ1n) is 7.41. The number of benzene rings is 2. The Kier molecular flexibility index (Phi) is 2.99. The van der Waals surface area contributed by atoms with Crippen molar-refractivity contribution in [3.05, 3.63) is 53.1 Å². The Bertz CT molecular complexity index is 661. The van der Waals surface area contributed by atoms with Crippen molar-refractivity contribution in [2.45, 2.75) is 25.2 Å². The summed E-state index contributed by atoms with van der Waals surface area (Å²) in [5, 5.41) is 0. The van der Waals surface area contributed by atoms with E-state index in [4.69, 9.17) is 14.2 Å². The highest BCUT2D eigenvalue weighted by Gasteiger charge is 2.26. The van der Waals surface area contributed by atoms with Crippen molar-refractivity contribution in [2.75, 3.05) is 13.9 Å². The van der Waals surface area contributed by atoms with E-state index in [0.29, 0.717) is 12.7 Å². The molecule has 0 spiro atoms. The third-order valence-corrected chi connectivity index (χ3v) is 4.47. The molecule has 1 unspecified atom stereocenters. The molecule has 1 atom stereocenters. The zero-order valence-corrected chi connectivity index (χ0v) is 12.1. The fourth-order valence-electron chi connectivity index (χ4n) is 3.38. The summed E-state index contributed by atoms with van der Waals surface area (Å²) >= 11 is 0. The summed E-state index contributed by atoms with van der Waals surface area (Å²) in [4.78, 5) is 0. The molecule has 0 N–H and O–H groups in total. The van der Waals surface area contributed by atoms with Crippen molar-refractivity contribution in [1.82, 2.24) is 0 Å². The molecule has 0 amide bonds. The second-order valence-corrected chi connectivity index (χ2v) is 5.62. The second-order valence-electron chi connectivity index (χ2n) is 5.62. The van der Waals surface area contributed by atoms with Crippen molar-refractivity contribution < 1.29 is 14.2 Å². The number of rotatable bonds is 2. The Hall–Kier alpha value is -2.16. The molecule has 0 bridgehead atoms. The van der Waals surface area contributed by atoms with Crippen LogP contribution >= 0.6 is 0 Å². The SMILES string of the molecule is COc1ccc(C2CCCc3cc4c(cc32)OCO4)cc1. The number of aryl methyl sites for hydroxylation is 1. The number of ether oxygens (including phenoxy) is 3. The maximum Gasteiger partial charge on any atom is 0.231 e. The largest absolute Gasteiger partial charge is 0.497 e. The molecule has 21 heavy (non-hydrogen) atoms. The van der Waals surface area contributed by atoms with Crippen LogP contribution in [0.25, 0.3) is 0 Å². The smallest absolute Gasteiger partial charge is 0.231 e. The molecule has 108 valence electrons. The highest BCUT2D eigenvalue weighted by molar-refractivity contribution is 5.52. The van der Waals surface area contributed by atoms with E-state index in [2.05, 4.69) is 24.3 Å². The van der Waals surface area contributed by atoms with Crippen LogP contribution in [0.3, 0.4) is 0 Å². The van der Waals surface area contributed by atoms with E-state index >= 15 is 0 Å². The van der Waals surface area contributed by atoms with Crippen LogP contribution in [0.4, 0.5) is 0 Å². The molecule has 1 aliphatic heterocycles. The van der Waals surface area contributed by atoms with Gasteiger partial charge in [0.2, 0.25) is 6.79 Å². The highest BCUT2D eigenvalue weighted by atomic mass is 16.7. The van der Waals surface area contributed by atoms with Crippen molar-refractivity contribution in [3.8, 4) is 17.2 Å². The molecule has 0 aromatic heterocycles. The maximum atomic E-state index is 5.54. The van der Waals surface area contributed by atoms with Gasteiger partial charge in [0.05, 0.1) is 7.11 Å². The van der Waals surface area contributed by atoms with Gasteiger partial charge in [-0.15, -0.1) is 0 Å². The van der Waals surface area contributed by atoms with E-state index in [0.717, 1.165) is 23.7 Å². The molecule has 3 nitrogen and oxygen atoms in total. The van der Waals surface area contributed by atoms with Crippen LogP contribution in [0.15, 0.2) is 36.4 Å². The van der Waals surface area contributed by atoms with Crippen LogP contribution in [-0.2, 0) is 6.42 Å². The molecule has 0 saturated heterocycles. The molecule has 3 heteroatoms. The summed E-state index contributed by atoms with van der Waals surface area (Å²) in [6.07, 6.45) is 3.51. The third kappa shape index (κ3) is 2.13. The summed E-state index contributed by atoms with van der Waals surface area (Å²) < 4.78 is 16.3. The van der Waals surface area contributed by atoms with Crippen LogP contribution in [0, 0.1) is 0 Å². The maximum absolute atomic E-state index is 5.54. The second kappa shape index (κ2) is 4.99. The van der Waals surface area contributed by atoms with Gasteiger partial charge < -0.3 is 14.2 Å². The lowest BCUT2D eigenvalue weighted by Gasteiger charge is -2.26. The fraction of sp³-hybridized carbons (Fsp3) is 0.333. The lowest BCUT2D eigenvalue weighted by Crippen LogP contribution is -2.11. The Labute approximate surface area is 124 Å². The van der Waals surface area contributed by atoms with Gasteiger partial charge in [-0.05, 0) is 60.2 Å². The zero-order valence-electron chi connectivity index (χ0n) is 12.1. The molecule has 1 aliphatic carbocycles. The van der Waals surface area contributed by atoms with Gasteiger partial charge in [0.25, 0.3) is 0 Å². The van der Waals surface area contributed by atoms with Gasteiger partial charge >= 0.3 is 0 Å². The van der Waals surface area contributed by atoms with Gasteiger partial charge in [-0.2, -0.15) is 0 Å². The number of methoxy groups -OCH3 is 1. The summed E-state index contributed by atoms with van der Waals surface area (Å²) in [6.45, 7) is 0.339. The standard InChI is InChI=1S/C18H18O3/c1-19-14-7-5-12(6-8-14)15-4-2-3-13-9-17-18(10-16(13)15)21-11-20-17/h5-10,15H,2-4,11H2,1H3. The van der Waals surface area contributed by atoms with Gasteiger partial charge in [0, 0.05) is 5.92 Å². The van der Waals surface area contributed by atoms with Gasteiger partial charge in [-0.3, -0.25) is 0 Å². The van der Waals surface area contributed by atoms with Crippen molar-refractivity contribution in [2.24, 2.45) is 0 Å². The van der Waals surface area contributed by atoms with E-state index in [1.165, 1.54) is 29.5 Å². The monoisotopic (exact) mass is 282 g/mol. The number of fused-ring (bicyclic) bond motifs is 2. The summed E-state index contributed by atoms with van der Waals surface area (Å²) in [5.41, 5.74) is 4.12. The molecular formula is C18H18O3. The Morgan fingerprint density at radius 1 is 1.05 bits per heavy atom. The minimum absolute atomic E-state index is 0.339. The highest BCUT2D eigenvalue weighted by Crippen LogP contribution is 2.43. The molecule has 0 saturated carbocycles. The van der Waals surface area contributed by atoms with Crippen LogP contribution in [0.1, 0.15) is 35.4 Å². The molecular weight excluding hydrogens is 264 g/mol. The van der Waals surface area contributed by atoms with E-state index in [1.807, 2.05) is 12.1 Å². The van der Waals surface area contributed by atoms with Crippen LogP contribution in [-0.4, -0.2) is 13.9 Å². The zero-order chi connectivity index (χ0) is 14.2. The summed E-state index contributed by atoms with van der Waals surface area (Å²) in [5.74, 6) is 3.12. The summed E-state index contributed by atoms with van der Waals surface area (Å²) in [7, 11) is 1.70. The molecule has 2 aliphatic rings. The minimum atomic E-state index is 0.339. The van der Waals surface area contributed by atoms with Crippen LogP contribution in [0.5, 0.6) is 17.2 Å². The lowest BCUT2D eigenvalue weighted by atomic mass is 9.79. The van der Waals surface area contributed by atoms with Crippen molar-refractivity contribution in [3.63, 3.8) is 0 Å². The predicted molar refractivity (Wildman–Crippen MR) is 80.3 cm³/mol. The van der Waals surface area contributed by atoms with E-state index in [-0.39, 0.29) is 0 Å². The molecule has 1 heterocycles. The molecule has 0 fully saturated rings. The topological polar surface area (TPSA) is 27.7 Å². The Morgan fingerprint density at radius 2 is 1.81 bits per heavy atom. The molecule has 2 aromatic carbocycles. The predicted octanol–water partition coefficient (Wildman–Crippen LogP) is 3.89. The average Bonchev–Trinajstić information content (AvgIpc) is 2.99. The van der Waals surface area contributed by atoms with Crippen LogP contribution < -0.4 is 14.2 Å². The van der Waals surface area contributed by atoms with E-state index in [1.54, 1.807) is 7.11 Å². The molecule has 0 radical (unpaired) electrons.